The van der Waals surface area contributed by atoms with Crippen molar-refractivity contribution in [3.05, 3.63) is 29.1 Å². The Morgan fingerprint density at radius 1 is 1.28 bits per heavy atom. The highest BCUT2D eigenvalue weighted by Crippen LogP contribution is 2.21. The molecule has 4 heteroatoms. The van der Waals surface area contributed by atoms with Crippen LogP contribution >= 0.6 is 0 Å². The summed E-state index contributed by atoms with van der Waals surface area (Å²) < 4.78 is 0. The Morgan fingerprint density at radius 3 is 2.83 bits per heavy atom. The molecule has 1 unspecified atom stereocenters. The number of aromatic amines is 1. The first-order valence-electron chi connectivity index (χ1n) is 6.52. The molecule has 2 aromatic rings. The number of aromatic nitrogens is 2. The fourth-order valence-electron chi connectivity index (χ4n) is 2.53. The highest BCUT2D eigenvalue weighted by molar-refractivity contribution is 5.77. The minimum absolute atomic E-state index is 0.316. The van der Waals surface area contributed by atoms with Crippen LogP contribution < -0.4 is 5.32 Å². The summed E-state index contributed by atoms with van der Waals surface area (Å²) in [4.78, 5) is 10.5. The first-order chi connectivity index (χ1) is 8.63. The smallest absolute Gasteiger partial charge is 0.125 e. The molecule has 2 N–H and O–H groups in total. The summed E-state index contributed by atoms with van der Waals surface area (Å²) >= 11 is 0. The highest BCUT2D eigenvalue weighted by atomic mass is 15.2. The third-order valence-electron chi connectivity index (χ3n) is 3.82. The predicted molar refractivity (Wildman–Crippen MR) is 73.8 cm³/mol. The van der Waals surface area contributed by atoms with E-state index in [1.165, 1.54) is 11.1 Å². The standard InChI is InChI=1S/C14H20N4/c1-9-6-11-12(7-10(9)2)17-14(16-11)13-8-18(3)5-4-15-13/h6-7,13,15H,4-5,8H2,1-3H3,(H,16,17). The number of H-pyrrole nitrogens is 1. The van der Waals surface area contributed by atoms with E-state index in [4.69, 9.17) is 4.98 Å². The number of likely N-dealkylation sites (N-methyl/N-ethyl adjacent to an activating group) is 1. The maximum Gasteiger partial charge on any atom is 0.125 e. The van der Waals surface area contributed by atoms with Gasteiger partial charge in [0.15, 0.2) is 0 Å². The van der Waals surface area contributed by atoms with Crippen molar-refractivity contribution in [2.75, 3.05) is 26.7 Å². The lowest BCUT2D eigenvalue weighted by molar-refractivity contribution is 0.236. The molecule has 3 rings (SSSR count). The monoisotopic (exact) mass is 244 g/mol. The topological polar surface area (TPSA) is 44.0 Å². The van der Waals surface area contributed by atoms with Crippen molar-refractivity contribution in [2.24, 2.45) is 0 Å². The van der Waals surface area contributed by atoms with Crippen LogP contribution in [0.2, 0.25) is 0 Å². The lowest BCUT2D eigenvalue weighted by Gasteiger charge is -2.29. The number of fused-ring (bicyclic) bond motifs is 1. The Morgan fingerprint density at radius 2 is 2.06 bits per heavy atom. The zero-order valence-corrected chi connectivity index (χ0v) is 11.2. The van der Waals surface area contributed by atoms with Crippen molar-refractivity contribution in [3.63, 3.8) is 0 Å². The normalized spacial score (nSPS) is 21.6. The second-order valence-electron chi connectivity index (χ2n) is 5.34. The molecule has 0 spiro atoms. The molecule has 0 amide bonds. The summed E-state index contributed by atoms with van der Waals surface area (Å²) in [6, 6.07) is 4.67. The van der Waals surface area contributed by atoms with Crippen molar-refractivity contribution < 1.29 is 0 Å². The number of aryl methyl sites for hydroxylation is 2. The molecule has 1 atom stereocenters. The van der Waals surface area contributed by atoms with Crippen LogP contribution in [0.1, 0.15) is 23.0 Å². The summed E-state index contributed by atoms with van der Waals surface area (Å²) in [7, 11) is 2.16. The fraction of sp³-hybridized carbons (Fsp3) is 0.500. The van der Waals surface area contributed by atoms with Crippen LogP contribution in [0.15, 0.2) is 12.1 Å². The fourth-order valence-corrected chi connectivity index (χ4v) is 2.53. The number of hydrogen-bond donors (Lipinski definition) is 2. The zero-order valence-electron chi connectivity index (χ0n) is 11.2. The summed E-state index contributed by atoms with van der Waals surface area (Å²) in [6.45, 7) is 7.42. The average Bonchev–Trinajstić information content (AvgIpc) is 2.73. The van der Waals surface area contributed by atoms with Gasteiger partial charge < -0.3 is 15.2 Å². The third kappa shape index (κ3) is 2.02. The molecule has 1 aliphatic heterocycles. The molecular formula is C14H20N4. The van der Waals surface area contributed by atoms with Crippen molar-refractivity contribution in [3.8, 4) is 0 Å². The van der Waals surface area contributed by atoms with Gasteiger partial charge in [0.25, 0.3) is 0 Å². The van der Waals surface area contributed by atoms with Gasteiger partial charge in [-0.1, -0.05) is 0 Å². The van der Waals surface area contributed by atoms with Gasteiger partial charge >= 0.3 is 0 Å². The van der Waals surface area contributed by atoms with E-state index in [0.717, 1.165) is 36.5 Å². The van der Waals surface area contributed by atoms with Gasteiger partial charge in [0.05, 0.1) is 17.1 Å². The van der Waals surface area contributed by atoms with E-state index in [0.29, 0.717) is 6.04 Å². The number of imidazole rings is 1. The van der Waals surface area contributed by atoms with E-state index in [1.54, 1.807) is 0 Å². The van der Waals surface area contributed by atoms with Gasteiger partial charge in [-0.05, 0) is 44.2 Å². The van der Waals surface area contributed by atoms with Crippen LogP contribution in [-0.2, 0) is 0 Å². The van der Waals surface area contributed by atoms with E-state index < -0.39 is 0 Å². The first-order valence-corrected chi connectivity index (χ1v) is 6.52. The second kappa shape index (κ2) is 4.37. The van der Waals surface area contributed by atoms with Gasteiger partial charge in [0, 0.05) is 19.6 Å². The van der Waals surface area contributed by atoms with Gasteiger partial charge in [0.1, 0.15) is 5.82 Å². The summed E-state index contributed by atoms with van der Waals surface area (Å²) in [5, 5.41) is 3.52. The van der Waals surface area contributed by atoms with Crippen molar-refractivity contribution in [1.82, 2.24) is 20.2 Å². The lowest BCUT2D eigenvalue weighted by Crippen LogP contribution is -2.44. The van der Waals surface area contributed by atoms with Crippen LogP contribution in [0, 0.1) is 13.8 Å². The Balaban J connectivity index is 1.97. The summed E-state index contributed by atoms with van der Waals surface area (Å²) in [5.41, 5.74) is 4.83. The molecule has 1 aromatic carbocycles. The molecule has 2 heterocycles. The van der Waals surface area contributed by atoms with Crippen molar-refractivity contribution in [1.29, 1.82) is 0 Å². The average molecular weight is 244 g/mol. The number of rotatable bonds is 1. The zero-order chi connectivity index (χ0) is 12.7. The molecule has 1 aliphatic rings. The van der Waals surface area contributed by atoms with Crippen molar-refractivity contribution >= 4 is 11.0 Å². The number of hydrogen-bond acceptors (Lipinski definition) is 3. The lowest BCUT2D eigenvalue weighted by atomic mass is 10.1. The maximum atomic E-state index is 4.73. The quantitative estimate of drug-likeness (QED) is 0.803. The van der Waals surface area contributed by atoms with Crippen LogP contribution in [-0.4, -0.2) is 41.5 Å². The van der Waals surface area contributed by atoms with E-state index in [-0.39, 0.29) is 0 Å². The van der Waals surface area contributed by atoms with Crippen LogP contribution in [0.5, 0.6) is 0 Å². The molecule has 0 aliphatic carbocycles. The molecule has 1 saturated heterocycles. The van der Waals surface area contributed by atoms with E-state index in [1.807, 2.05) is 0 Å². The Kier molecular flexibility index (Phi) is 2.84. The molecule has 18 heavy (non-hydrogen) atoms. The predicted octanol–water partition coefficient (Wildman–Crippen LogP) is 1.76. The van der Waals surface area contributed by atoms with E-state index in [2.05, 4.69) is 48.2 Å². The van der Waals surface area contributed by atoms with E-state index in [9.17, 15) is 0 Å². The minimum atomic E-state index is 0.316. The molecule has 1 aromatic heterocycles. The van der Waals surface area contributed by atoms with Gasteiger partial charge in [-0.15, -0.1) is 0 Å². The third-order valence-corrected chi connectivity index (χ3v) is 3.82. The molecule has 0 bridgehead atoms. The molecule has 1 fully saturated rings. The number of piperazine rings is 1. The number of nitrogens with one attached hydrogen (secondary N) is 2. The molecular weight excluding hydrogens is 224 g/mol. The Labute approximate surface area is 107 Å². The largest absolute Gasteiger partial charge is 0.341 e. The maximum absolute atomic E-state index is 4.73. The molecule has 0 radical (unpaired) electrons. The van der Waals surface area contributed by atoms with Gasteiger partial charge in [-0.3, -0.25) is 0 Å². The van der Waals surface area contributed by atoms with Crippen LogP contribution in [0.3, 0.4) is 0 Å². The van der Waals surface area contributed by atoms with Gasteiger partial charge in [-0.25, -0.2) is 4.98 Å². The minimum Gasteiger partial charge on any atom is -0.341 e. The van der Waals surface area contributed by atoms with E-state index >= 15 is 0 Å². The van der Waals surface area contributed by atoms with Crippen LogP contribution in [0.25, 0.3) is 11.0 Å². The Hall–Kier alpha value is -1.39. The molecule has 4 nitrogen and oxygen atoms in total. The van der Waals surface area contributed by atoms with Gasteiger partial charge in [0.2, 0.25) is 0 Å². The first kappa shape index (κ1) is 11.7. The SMILES string of the molecule is Cc1cc2nc(C3CN(C)CCN3)[nH]c2cc1C. The van der Waals surface area contributed by atoms with Gasteiger partial charge in [-0.2, -0.15) is 0 Å². The van der Waals surface area contributed by atoms with Crippen LogP contribution in [0.4, 0.5) is 0 Å². The number of nitrogens with zero attached hydrogens (tertiary/aromatic N) is 2. The summed E-state index contributed by atoms with van der Waals surface area (Å²) in [5.74, 6) is 1.06. The van der Waals surface area contributed by atoms with Crippen molar-refractivity contribution in [2.45, 2.75) is 19.9 Å². The Bertz CT molecular complexity index is 533. The summed E-state index contributed by atoms with van der Waals surface area (Å²) in [6.07, 6.45) is 0. The second-order valence-corrected chi connectivity index (χ2v) is 5.34. The highest BCUT2D eigenvalue weighted by Gasteiger charge is 2.21. The molecule has 0 saturated carbocycles. The number of benzene rings is 1. The molecule has 96 valence electrons.